The summed E-state index contributed by atoms with van der Waals surface area (Å²) in [4.78, 5) is 0. The number of rotatable bonds is 3. The summed E-state index contributed by atoms with van der Waals surface area (Å²) in [6.07, 6.45) is 0.928. The fraction of sp³-hybridized carbons (Fsp3) is 0.400. The Labute approximate surface area is 72.8 Å². The molecule has 0 fully saturated rings. The summed E-state index contributed by atoms with van der Waals surface area (Å²) in [5.41, 5.74) is 2.08. The molecule has 1 aromatic rings. The van der Waals surface area contributed by atoms with E-state index in [0.717, 1.165) is 23.3 Å². The zero-order valence-corrected chi connectivity index (χ0v) is 7.50. The van der Waals surface area contributed by atoms with Crippen molar-refractivity contribution in [2.24, 2.45) is 0 Å². The molecule has 0 radical (unpaired) electrons. The number of benzene rings is 1. The molecule has 0 bridgehead atoms. The number of hydrogen-bond acceptors (Lipinski definition) is 2. The monoisotopic (exact) mass is 166 g/mol. The van der Waals surface area contributed by atoms with Crippen LogP contribution in [0.15, 0.2) is 18.2 Å². The van der Waals surface area contributed by atoms with Gasteiger partial charge in [0.25, 0.3) is 0 Å². The van der Waals surface area contributed by atoms with Crippen LogP contribution < -0.4 is 4.74 Å². The maximum atomic E-state index is 8.88. The first kappa shape index (κ1) is 9.07. The highest BCUT2D eigenvalue weighted by Crippen LogP contribution is 2.19. The molecule has 1 N–H and O–H groups in total. The van der Waals surface area contributed by atoms with E-state index in [1.165, 1.54) is 0 Å². The van der Waals surface area contributed by atoms with Gasteiger partial charge in [0.05, 0.1) is 13.7 Å². The minimum atomic E-state index is 0.0942. The third-order valence-electron chi connectivity index (χ3n) is 1.91. The number of ether oxygens (including phenoxy) is 1. The van der Waals surface area contributed by atoms with Gasteiger partial charge in [0, 0.05) is 0 Å². The minimum absolute atomic E-state index is 0.0942. The van der Waals surface area contributed by atoms with Crippen molar-refractivity contribution in [1.82, 2.24) is 0 Å². The van der Waals surface area contributed by atoms with Crippen molar-refractivity contribution in [2.75, 3.05) is 7.11 Å². The molecule has 66 valence electrons. The molecule has 0 heterocycles. The summed E-state index contributed by atoms with van der Waals surface area (Å²) in [6, 6.07) is 5.74. The van der Waals surface area contributed by atoms with Crippen molar-refractivity contribution < 1.29 is 9.84 Å². The van der Waals surface area contributed by atoms with Gasteiger partial charge in [0.1, 0.15) is 5.75 Å². The number of hydrogen-bond donors (Lipinski definition) is 1. The van der Waals surface area contributed by atoms with E-state index in [2.05, 4.69) is 6.92 Å². The molecule has 1 aromatic carbocycles. The highest BCUT2D eigenvalue weighted by molar-refractivity contribution is 5.36. The fourth-order valence-electron chi connectivity index (χ4n) is 1.21. The summed E-state index contributed by atoms with van der Waals surface area (Å²) in [7, 11) is 1.66. The van der Waals surface area contributed by atoms with Crippen LogP contribution in [0.4, 0.5) is 0 Å². The fourth-order valence-corrected chi connectivity index (χ4v) is 1.21. The molecule has 2 nitrogen and oxygen atoms in total. The Balaban J connectivity index is 3.02. The first-order valence-electron chi connectivity index (χ1n) is 4.08. The van der Waals surface area contributed by atoms with Gasteiger partial charge in [-0.3, -0.25) is 0 Å². The predicted octanol–water partition coefficient (Wildman–Crippen LogP) is 1.75. The standard InChI is InChI=1S/C10H14O2/c1-3-9-6-8(7-11)4-5-10(9)12-2/h4-6,11H,3,7H2,1-2H3. The van der Waals surface area contributed by atoms with Crippen LogP contribution >= 0.6 is 0 Å². The van der Waals surface area contributed by atoms with E-state index in [9.17, 15) is 0 Å². The van der Waals surface area contributed by atoms with Crippen LogP contribution in [0.2, 0.25) is 0 Å². The average Bonchev–Trinajstić information content (AvgIpc) is 2.16. The maximum absolute atomic E-state index is 8.88. The van der Waals surface area contributed by atoms with Crippen LogP contribution in [0.25, 0.3) is 0 Å². The van der Waals surface area contributed by atoms with E-state index in [-0.39, 0.29) is 6.61 Å². The smallest absolute Gasteiger partial charge is 0.122 e. The first-order chi connectivity index (χ1) is 5.81. The zero-order chi connectivity index (χ0) is 8.97. The van der Waals surface area contributed by atoms with Gasteiger partial charge in [-0.15, -0.1) is 0 Å². The maximum Gasteiger partial charge on any atom is 0.122 e. The molecule has 0 atom stereocenters. The normalized spacial score (nSPS) is 9.92. The van der Waals surface area contributed by atoms with Crippen molar-refractivity contribution >= 4 is 0 Å². The number of aliphatic hydroxyl groups excluding tert-OH is 1. The SMILES string of the molecule is CCc1cc(CO)ccc1OC. The van der Waals surface area contributed by atoms with Crippen molar-refractivity contribution in [3.63, 3.8) is 0 Å². The minimum Gasteiger partial charge on any atom is -0.496 e. The quantitative estimate of drug-likeness (QED) is 0.741. The highest BCUT2D eigenvalue weighted by Gasteiger charge is 2.00. The Bertz CT molecular complexity index is 256. The molecule has 12 heavy (non-hydrogen) atoms. The van der Waals surface area contributed by atoms with Crippen molar-refractivity contribution in [2.45, 2.75) is 20.0 Å². The van der Waals surface area contributed by atoms with E-state index in [1.807, 2.05) is 18.2 Å². The lowest BCUT2D eigenvalue weighted by Crippen LogP contribution is -1.92. The molecule has 0 aliphatic rings. The van der Waals surface area contributed by atoms with Gasteiger partial charge >= 0.3 is 0 Å². The molecule has 1 rings (SSSR count). The van der Waals surface area contributed by atoms with Crippen LogP contribution in [-0.2, 0) is 13.0 Å². The predicted molar refractivity (Wildman–Crippen MR) is 48.3 cm³/mol. The van der Waals surface area contributed by atoms with Gasteiger partial charge in [0.15, 0.2) is 0 Å². The molecule has 0 saturated heterocycles. The largest absolute Gasteiger partial charge is 0.496 e. The number of aryl methyl sites for hydroxylation is 1. The summed E-state index contributed by atoms with van der Waals surface area (Å²) in [6.45, 7) is 2.16. The van der Waals surface area contributed by atoms with E-state index < -0.39 is 0 Å². The van der Waals surface area contributed by atoms with Crippen LogP contribution in [0, 0.1) is 0 Å². The number of methoxy groups -OCH3 is 1. The first-order valence-corrected chi connectivity index (χ1v) is 4.08. The third-order valence-corrected chi connectivity index (χ3v) is 1.91. The van der Waals surface area contributed by atoms with Gasteiger partial charge in [-0.05, 0) is 29.7 Å². The average molecular weight is 166 g/mol. The van der Waals surface area contributed by atoms with E-state index in [4.69, 9.17) is 9.84 Å². The Hall–Kier alpha value is -1.02. The molecule has 0 unspecified atom stereocenters. The van der Waals surface area contributed by atoms with Crippen molar-refractivity contribution in [3.05, 3.63) is 29.3 Å². The summed E-state index contributed by atoms with van der Waals surface area (Å²) in [5, 5.41) is 8.88. The molecule has 0 aromatic heterocycles. The van der Waals surface area contributed by atoms with Crippen LogP contribution in [-0.4, -0.2) is 12.2 Å². The molecule has 0 amide bonds. The molecule has 0 aliphatic heterocycles. The Kier molecular flexibility index (Phi) is 3.11. The van der Waals surface area contributed by atoms with Gasteiger partial charge < -0.3 is 9.84 Å². The second-order valence-corrected chi connectivity index (χ2v) is 2.66. The highest BCUT2D eigenvalue weighted by atomic mass is 16.5. The van der Waals surface area contributed by atoms with Gasteiger partial charge in [-0.1, -0.05) is 13.0 Å². The molecular formula is C10H14O2. The molecule has 0 aliphatic carbocycles. The lowest BCUT2D eigenvalue weighted by Gasteiger charge is -2.07. The van der Waals surface area contributed by atoms with Gasteiger partial charge in [0.2, 0.25) is 0 Å². The Morgan fingerprint density at radius 3 is 2.67 bits per heavy atom. The topological polar surface area (TPSA) is 29.5 Å². The number of aliphatic hydroxyl groups is 1. The second-order valence-electron chi connectivity index (χ2n) is 2.66. The van der Waals surface area contributed by atoms with Crippen molar-refractivity contribution in [1.29, 1.82) is 0 Å². The second kappa shape index (κ2) is 4.12. The van der Waals surface area contributed by atoms with E-state index in [0.29, 0.717) is 0 Å². The van der Waals surface area contributed by atoms with Gasteiger partial charge in [-0.2, -0.15) is 0 Å². The molecule has 2 heteroatoms. The Morgan fingerprint density at radius 2 is 2.17 bits per heavy atom. The summed E-state index contributed by atoms with van der Waals surface area (Å²) >= 11 is 0. The lowest BCUT2D eigenvalue weighted by molar-refractivity contribution is 0.281. The molecule has 0 saturated carbocycles. The van der Waals surface area contributed by atoms with Crippen molar-refractivity contribution in [3.8, 4) is 5.75 Å². The molecular weight excluding hydrogens is 152 g/mol. The summed E-state index contributed by atoms with van der Waals surface area (Å²) < 4.78 is 5.15. The molecule has 0 spiro atoms. The zero-order valence-electron chi connectivity index (χ0n) is 7.50. The van der Waals surface area contributed by atoms with Crippen LogP contribution in [0.3, 0.4) is 0 Å². The van der Waals surface area contributed by atoms with E-state index in [1.54, 1.807) is 7.11 Å². The van der Waals surface area contributed by atoms with Crippen LogP contribution in [0.1, 0.15) is 18.1 Å². The van der Waals surface area contributed by atoms with Gasteiger partial charge in [-0.25, -0.2) is 0 Å². The summed E-state index contributed by atoms with van der Waals surface area (Å²) in [5.74, 6) is 0.898. The van der Waals surface area contributed by atoms with E-state index >= 15 is 0 Å². The third kappa shape index (κ3) is 1.77. The lowest BCUT2D eigenvalue weighted by atomic mass is 10.1. The Morgan fingerprint density at radius 1 is 1.42 bits per heavy atom. The van der Waals surface area contributed by atoms with Crippen LogP contribution in [0.5, 0.6) is 5.75 Å².